The fourth-order valence-corrected chi connectivity index (χ4v) is 3.74. The van der Waals surface area contributed by atoms with E-state index in [0.29, 0.717) is 0 Å². The van der Waals surface area contributed by atoms with Crippen molar-refractivity contribution >= 4 is 24.6 Å². The van der Waals surface area contributed by atoms with Gasteiger partial charge in [0, 0.05) is 0 Å². The summed E-state index contributed by atoms with van der Waals surface area (Å²) >= 11 is 0. The summed E-state index contributed by atoms with van der Waals surface area (Å²) in [7, 11) is 0. The smallest absolute Gasteiger partial charge is 0.447 e. The lowest BCUT2D eigenvalue weighted by Gasteiger charge is -2.05. The van der Waals surface area contributed by atoms with Gasteiger partial charge in [-0.25, -0.2) is 9.68 Å². The van der Waals surface area contributed by atoms with Crippen LogP contribution in [0.15, 0.2) is 60.7 Å². The fourth-order valence-electron chi connectivity index (χ4n) is 3.74. The minimum Gasteiger partial charge on any atom is -0.447 e. The zero-order valence-corrected chi connectivity index (χ0v) is 25.3. The van der Waals surface area contributed by atoms with E-state index in [-0.39, 0.29) is 19.8 Å². The topological polar surface area (TPSA) is 153 Å². The van der Waals surface area contributed by atoms with Gasteiger partial charge in [0.05, 0.1) is 6.61 Å². The van der Waals surface area contributed by atoms with Gasteiger partial charge in [-0.1, -0.05) is 138 Å². The predicted molar refractivity (Wildman–Crippen MR) is 158 cm³/mol. The molecule has 0 amide bonds. The van der Waals surface area contributed by atoms with E-state index < -0.39 is 24.6 Å². The molecule has 0 radical (unpaired) electrons. The Morgan fingerprint density at radius 1 is 0.500 bits per heavy atom. The van der Waals surface area contributed by atoms with Crippen molar-refractivity contribution in [3.05, 3.63) is 71.8 Å². The van der Waals surface area contributed by atoms with Crippen molar-refractivity contribution in [2.24, 2.45) is 0 Å². The van der Waals surface area contributed by atoms with Gasteiger partial charge in [0.25, 0.3) is 0 Å². The molecule has 2 aromatic carbocycles. The van der Waals surface area contributed by atoms with E-state index in [2.05, 4.69) is 31.2 Å². The largest absolute Gasteiger partial charge is 0.550 e. The highest BCUT2D eigenvalue weighted by molar-refractivity contribution is 5.63. The molecule has 0 aliphatic rings. The Labute approximate surface area is 258 Å². The highest BCUT2D eigenvalue weighted by atomic mass is 17.3. The van der Waals surface area contributed by atoms with E-state index in [4.69, 9.17) is 14.6 Å². The molecule has 0 aliphatic carbocycles. The van der Waals surface area contributed by atoms with Gasteiger partial charge in [-0.3, -0.25) is 0 Å². The fraction of sp³-hybridized carbons (Fsp3) is 0.500. The molecule has 2 aromatic rings. The monoisotopic (exact) mass is 620 g/mol. The number of rotatable bonds is 17. The van der Waals surface area contributed by atoms with Crippen molar-refractivity contribution in [2.75, 3.05) is 6.61 Å². The molecule has 0 saturated carbocycles. The maximum Gasteiger partial charge on any atom is 0.550 e. The van der Waals surface area contributed by atoms with Crippen LogP contribution in [0, 0.1) is 0 Å². The summed E-state index contributed by atoms with van der Waals surface area (Å²) in [5.74, 6) is 0. The molecule has 0 bridgehead atoms. The van der Waals surface area contributed by atoms with Gasteiger partial charge >= 0.3 is 24.6 Å². The number of hydrogen-bond donors (Lipinski definition) is 1. The van der Waals surface area contributed by atoms with Crippen LogP contribution in [0.5, 0.6) is 0 Å². The third kappa shape index (κ3) is 23.1. The second-order valence-corrected chi connectivity index (χ2v) is 9.64. The predicted octanol–water partition coefficient (Wildman–Crippen LogP) is 9.06. The Morgan fingerprint density at radius 3 is 1.27 bits per heavy atom. The molecule has 0 saturated heterocycles. The van der Waals surface area contributed by atoms with Crippen LogP contribution < -0.4 is 0 Å². The van der Waals surface area contributed by atoms with Gasteiger partial charge in [0.1, 0.15) is 13.2 Å². The molecule has 44 heavy (non-hydrogen) atoms. The van der Waals surface area contributed by atoms with E-state index in [9.17, 15) is 19.2 Å². The van der Waals surface area contributed by atoms with Crippen LogP contribution in [0.4, 0.5) is 19.2 Å². The lowest BCUT2D eigenvalue weighted by molar-refractivity contribution is -0.219. The van der Waals surface area contributed by atoms with E-state index in [0.717, 1.165) is 30.4 Å². The Hall–Kier alpha value is -4.48. The first kappa shape index (κ1) is 37.5. The van der Waals surface area contributed by atoms with Crippen molar-refractivity contribution in [1.82, 2.24) is 0 Å². The molecule has 0 heterocycles. The number of carbonyl (C=O) groups is 4. The molecule has 0 atom stereocenters. The first-order chi connectivity index (χ1) is 21.4. The van der Waals surface area contributed by atoms with Gasteiger partial charge < -0.3 is 19.3 Å². The van der Waals surface area contributed by atoms with Crippen LogP contribution in [0.3, 0.4) is 0 Å². The van der Waals surface area contributed by atoms with Crippen LogP contribution in [0.2, 0.25) is 0 Å². The standard InChI is InChI=1S/C16H14O6.C16H30O6/c17-15(19-11-13-7-3-1-4-8-13)21-22-16(18)20-12-14-9-5-2-6-10-14;1-2-3-4-5-6-7-8-9-10-11-12-13-14-20-16(19)22-21-15(17)18/h1-10H,11-12H2;2-14H2,1H3,(H,17,18). The Bertz CT molecular complexity index is 975. The summed E-state index contributed by atoms with van der Waals surface area (Å²) < 4.78 is 14.1. The highest BCUT2D eigenvalue weighted by Gasteiger charge is 2.12. The third-order valence-corrected chi connectivity index (χ3v) is 5.98. The normalized spacial score (nSPS) is 9.93. The molecule has 244 valence electrons. The summed E-state index contributed by atoms with van der Waals surface area (Å²) in [4.78, 5) is 59.0. The summed E-state index contributed by atoms with van der Waals surface area (Å²) in [6, 6.07) is 18.0. The molecule has 0 spiro atoms. The van der Waals surface area contributed by atoms with Crippen LogP contribution in [-0.4, -0.2) is 36.3 Å². The van der Waals surface area contributed by atoms with E-state index >= 15 is 0 Å². The minimum atomic E-state index is -1.68. The van der Waals surface area contributed by atoms with E-state index in [1.54, 1.807) is 24.3 Å². The molecule has 12 heteroatoms. The number of hydrogen-bond acceptors (Lipinski definition) is 11. The molecule has 0 aromatic heterocycles. The van der Waals surface area contributed by atoms with E-state index in [1.165, 1.54) is 57.8 Å². The Balaban J connectivity index is 0.000000440. The van der Waals surface area contributed by atoms with Crippen molar-refractivity contribution in [3.63, 3.8) is 0 Å². The summed E-state index contributed by atoms with van der Waals surface area (Å²) in [6.45, 7) is 2.49. The minimum absolute atomic E-state index is 0.0160. The maximum atomic E-state index is 11.2. The van der Waals surface area contributed by atoms with Crippen molar-refractivity contribution in [1.29, 1.82) is 0 Å². The average Bonchev–Trinajstić information content (AvgIpc) is 3.04. The molecule has 0 aliphatic heterocycles. The second-order valence-electron chi connectivity index (χ2n) is 9.64. The Morgan fingerprint density at radius 2 is 0.864 bits per heavy atom. The van der Waals surface area contributed by atoms with Gasteiger partial charge in [-0.15, -0.1) is 0 Å². The molecular formula is C32H44O12. The van der Waals surface area contributed by atoms with Gasteiger partial charge in [-0.05, 0) is 17.5 Å². The van der Waals surface area contributed by atoms with Gasteiger partial charge in [0.2, 0.25) is 0 Å². The zero-order valence-electron chi connectivity index (χ0n) is 25.3. The number of unbranched alkanes of at least 4 members (excludes halogenated alkanes) is 11. The van der Waals surface area contributed by atoms with Gasteiger partial charge in [-0.2, -0.15) is 29.0 Å². The van der Waals surface area contributed by atoms with Crippen LogP contribution in [0.1, 0.15) is 95.1 Å². The molecule has 1 N–H and O–H groups in total. The lowest BCUT2D eigenvalue weighted by atomic mass is 10.1. The second kappa shape index (κ2) is 26.2. The summed E-state index contributed by atoms with van der Waals surface area (Å²) in [5, 5.41) is 8.09. The molecular weight excluding hydrogens is 576 g/mol. The van der Waals surface area contributed by atoms with Crippen molar-refractivity contribution in [2.45, 2.75) is 97.2 Å². The van der Waals surface area contributed by atoms with Crippen molar-refractivity contribution < 1.29 is 58.0 Å². The number of carbonyl (C=O) groups excluding carboxylic acids is 3. The first-order valence-electron chi connectivity index (χ1n) is 14.9. The number of carboxylic acid groups (broad SMARTS) is 1. The van der Waals surface area contributed by atoms with Gasteiger partial charge in [0.15, 0.2) is 0 Å². The summed E-state index contributed by atoms with van der Waals surface area (Å²) in [5.41, 5.74) is 1.57. The quantitative estimate of drug-likeness (QED) is 0.0590. The molecule has 2 rings (SSSR count). The SMILES string of the molecule is CCCCCCCCCCCCCCOC(=O)OOC(=O)O.O=C(OCc1ccccc1)OOC(=O)OCc1ccccc1. The van der Waals surface area contributed by atoms with E-state index in [1.807, 2.05) is 36.4 Å². The number of benzene rings is 2. The maximum absolute atomic E-state index is 11.2. The average molecular weight is 621 g/mol. The Kier molecular flexibility index (Phi) is 22.3. The van der Waals surface area contributed by atoms with Crippen molar-refractivity contribution in [3.8, 4) is 0 Å². The molecule has 0 unspecified atom stereocenters. The molecule has 0 fully saturated rings. The zero-order chi connectivity index (χ0) is 32.1. The molecule has 12 nitrogen and oxygen atoms in total. The van der Waals surface area contributed by atoms with Crippen LogP contribution in [0.25, 0.3) is 0 Å². The third-order valence-electron chi connectivity index (χ3n) is 5.98. The summed E-state index contributed by atoms with van der Waals surface area (Å²) in [6.07, 6.45) is 9.69. The lowest BCUT2D eigenvalue weighted by Crippen LogP contribution is -2.13. The van der Waals surface area contributed by atoms with Crippen LogP contribution >= 0.6 is 0 Å². The first-order valence-corrected chi connectivity index (χ1v) is 14.9. The highest BCUT2D eigenvalue weighted by Crippen LogP contribution is 2.12. The van der Waals surface area contributed by atoms with Crippen LogP contribution in [-0.2, 0) is 47.0 Å². The number of ether oxygens (including phenoxy) is 3.